The highest BCUT2D eigenvalue weighted by atomic mass is 32.2. The number of benzene rings is 2. The quantitative estimate of drug-likeness (QED) is 0.830. The lowest BCUT2D eigenvalue weighted by Crippen LogP contribution is -2.14. The third kappa shape index (κ3) is 3.37. The molecule has 2 rings (SSSR count). The van der Waals surface area contributed by atoms with Crippen molar-refractivity contribution < 1.29 is 13.2 Å². The van der Waals surface area contributed by atoms with E-state index in [0.29, 0.717) is 18.4 Å². The smallest absolute Gasteiger partial charge is 0.185 e. The van der Waals surface area contributed by atoms with Crippen LogP contribution in [0.5, 0.6) is 0 Å². The highest BCUT2D eigenvalue weighted by molar-refractivity contribution is 7.91. The number of rotatable bonds is 6. The summed E-state index contributed by atoms with van der Waals surface area (Å²) in [6, 6.07) is 15.2. The lowest BCUT2D eigenvalue weighted by atomic mass is 10.1. The first kappa shape index (κ1) is 15.4. The van der Waals surface area contributed by atoms with E-state index in [-0.39, 0.29) is 11.3 Å². The first-order valence-corrected chi connectivity index (χ1v) is 8.15. The average Bonchev–Trinajstić information content (AvgIpc) is 2.53. The summed E-state index contributed by atoms with van der Waals surface area (Å²) in [5, 5.41) is -0.861. The molecule has 5 heteroatoms. The number of nitrogens with two attached hydrogens (primary N) is 1. The summed E-state index contributed by atoms with van der Waals surface area (Å²) in [4.78, 5) is 11.1. The van der Waals surface area contributed by atoms with Crippen LogP contribution in [-0.4, -0.2) is 14.7 Å². The van der Waals surface area contributed by atoms with E-state index in [1.165, 1.54) is 12.1 Å². The van der Waals surface area contributed by atoms with E-state index in [4.69, 9.17) is 5.73 Å². The Morgan fingerprint density at radius 2 is 1.62 bits per heavy atom. The van der Waals surface area contributed by atoms with Crippen LogP contribution in [0.15, 0.2) is 59.5 Å². The molecule has 2 aromatic rings. The van der Waals surface area contributed by atoms with Gasteiger partial charge in [-0.25, -0.2) is 8.42 Å². The van der Waals surface area contributed by atoms with E-state index in [9.17, 15) is 13.2 Å². The topological polar surface area (TPSA) is 77.2 Å². The van der Waals surface area contributed by atoms with Crippen LogP contribution in [0.2, 0.25) is 0 Å². The highest BCUT2D eigenvalue weighted by Crippen LogP contribution is 2.31. The molecule has 0 radical (unpaired) electrons. The van der Waals surface area contributed by atoms with Gasteiger partial charge in [0.1, 0.15) is 6.29 Å². The number of hydrogen-bond donors (Lipinski definition) is 1. The fraction of sp³-hybridized carbons (Fsp3) is 0.188. The van der Waals surface area contributed by atoms with E-state index in [1.807, 2.05) is 6.07 Å². The second kappa shape index (κ2) is 6.65. The van der Waals surface area contributed by atoms with Gasteiger partial charge in [-0.1, -0.05) is 42.5 Å². The number of aldehydes is 1. The van der Waals surface area contributed by atoms with Crippen molar-refractivity contribution >= 4 is 16.1 Å². The minimum absolute atomic E-state index is 0.0645. The number of sulfone groups is 1. The Hall–Kier alpha value is -1.98. The van der Waals surface area contributed by atoms with Gasteiger partial charge in [0, 0.05) is 13.0 Å². The minimum atomic E-state index is -3.61. The third-order valence-electron chi connectivity index (χ3n) is 3.34. The molecule has 0 fully saturated rings. The normalized spacial score (nSPS) is 12.8. The first-order chi connectivity index (χ1) is 10.1. The van der Waals surface area contributed by atoms with Crippen molar-refractivity contribution in [1.82, 2.24) is 0 Å². The summed E-state index contributed by atoms with van der Waals surface area (Å²) in [5.74, 6) is 0. The molecular weight excluding hydrogens is 286 g/mol. The Balaban J connectivity index is 2.44. The molecule has 0 aliphatic heterocycles. The Labute approximate surface area is 124 Å². The van der Waals surface area contributed by atoms with E-state index in [0.717, 1.165) is 5.56 Å². The molecular formula is C16H17NO3S. The molecule has 0 saturated heterocycles. The Morgan fingerprint density at radius 3 is 2.14 bits per heavy atom. The SMILES string of the molecule is NCc1ccc(S(=O)(=O)C(CC=O)c2ccccc2)cc1. The summed E-state index contributed by atoms with van der Waals surface area (Å²) in [6.07, 6.45) is 0.578. The Kier molecular flexibility index (Phi) is 4.88. The maximum atomic E-state index is 12.7. The second-order valence-corrected chi connectivity index (χ2v) is 6.83. The van der Waals surface area contributed by atoms with E-state index >= 15 is 0 Å². The Morgan fingerprint density at radius 1 is 1.00 bits per heavy atom. The van der Waals surface area contributed by atoms with Crippen molar-refractivity contribution in [1.29, 1.82) is 0 Å². The van der Waals surface area contributed by atoms with E-state index in [2.05, 4.69) is 0 Å². The van der Waals surface area contributed by atoms with Gasteiger partial charge in [0.25, 0.3) is 0 Å². The zero-order chi connectivity index (χ0) is 15.3. The molecule has 1 unspecified atom stereocenters. The van der Waals surface area contributed by atoms with Gasteiger partial charge in [0.15, 0.2) is 9.84 Å². The lowest BCUT2D eigenvalue weighted by Gasteiger charge is -2.16. The third-order valence-corrected chi connectivity index (χ3v) is 5.49. The fourth-order valence-corrected chi connectivity index (χ4v) is 3.87. The first-order valence-electron chi connectivity index (χ1n) is 6.61. The monoisotopic (exact) mass is 303 g/mol. The van der Waals surface area contributed by atoms with Crippen molar-refractivity contribution in [3.63, 3.8) is 0 Å². The van der Waals surface area contributed by atoms with Gasteiger partial charge >= 0.3 is 0 Å². The van der Waals surface area contributed by atoms with Crippen LogP contribution in [-0.2, 0) is 21.2 Å². The standard InChI is InChI=1S/C16H17NO3S/c17-12-13-6-8-15(9-7-13)21(19,20)16(10-11-18)14-4-2-1-3-5-14/h1-9,11,16H,10,12,17H2. The van der Waals surface area contributed by atoms with Gasteiger partial charge in [0.05, 0.1) is 10.1 Å². The summed E-state index contributed by atoms with van der Waals surface area (Å²) >= 11 is 0. The summed E-state index contributed by atoms with van der Waals surface area (Å²) < 4.78 is 25.5. The van der Waals surface area contributed by atoms with E-state index < -0.39 is 15.1 Å². The molecule has 110 valence electrons. The van der Waals surface area contributed by atoms with Crippen molar-refractivity contribution in [3.05, 3.63) is 65.7 Å². The molecule has 0 aliphatic rings. The molecule has 0 saturated carbocycles. The van der Waals surface area contributed by atoms with Crippen LogP contribution in [0.1, 0.15) is 22.8 Å². The zero-order valence-corrected chi connectivity index (χ0v) is 12.3. The van der Waals surface area contributed by atoms with Gasteiger partial charge in [-0.2, -0.15) is 0 Å². The molecule has 4 nitrogen and oxygen atoms in total. The molecule has 2 aromatic carbocycles. The van der Waals surface area contributed by atoms with Crippen LogP contribution < -0.4 is 5.73 Å². The van der Waals surface area contributed by atoms with Crippen LogP contribution in [0.25, 0.3) is 0 Å². The maximum absolute atomic E-state index is 12.7. The number of carbonyl (C=O) groups is 1. The number of carbonyl (C=O) groups excluding carboxylic acids is 1. The van der Waals surface area contributed by atoms with E-state index in [1.54, 1.807) is 36.4 Å². The maximum Gasteiger partial charge on any atom is 0.185 e. The van der Waals surface area contributed by atoms with Gasteiger partial charge < -0.3 is 10.5 Å². The average molecular weight is 303 g/mol. The molecule has 1 atom stereocenters. The Bertz CT molecular complexity index is 694. The van der Waals surface area contributed by atoms with Gasteiger partial charge in [-0.3, -0.25) is 0 Å². The van der Waals surface area contributed by atoms with Crippen LogP contribution >= 0.6 is 0 Å². The predicted octanol–water partition coefficient (Wildman–Crippen LogP) is 2.25. The molecule has 0 spiro atoms. The summed E-state index contributed by atoms with van der Waals surface area (Å²) in [6.45, 7) is 0.358. The summed E-state index contributed by atoms with van der Waals surface area (Å²) in [5.41, 5.74) is 6.99. The minimum Gasteiger partial charge on any atom is -0.326 e. The molecule has 21 heavy (non-hydrogen) atoms. The second-order valence-electron chi connectivity index (χ2n) is 4.69. The number of hydrogen-bond acceptors (Lipinski definition) is 4. The fourth-order valence-electron chi connectivity index (χ4n) is 2.18. The molecule has 0 aliphatic carbocycles. The van der Waals surface area contributed by atoms with Crippen LogP contribution in [0, 0.1) is 0 Å². The highest BCUT2D eigenvalue weighted by Gasteiger charge is 2.28. The van der Waals surface area contributed by atoms with Crippen molar-refractivity contribution in [2.45, 2.75) is 23.1 Å². The molecule has 0 heterocycles. The van der Waals surface area contributed by atoms with Crippen molar-refractivity contribution in [3.8, 4) is 0 Å². The zero-order valence-electron chi connectivity index (χ0n) is 11.5. The van der Waals surface area contributed by atoms with Crippen LogP contribution in [0.3, 0.4) is 0 Å². The molecule has 2 N–H and O–H groups in total. The van der Waals surface area contributed by atoms with Gasteiger partial charge in [0.2, 0.25) is 0 Å². The molecule has 0 amide bonds. The van der Waals surface area contributed by atoms with Gasteiger partial charge in [-0.15, -0.1) is 0 Å². The summed E-state index contributed by atoms with van der Waals surface area (Å²) in [7, 11) is -3.61. The van der Waals surface area contributed by atoms with Gasteiger partial charge in [-0.05, 0) is 23.3 Å². The molecule has 0 bridgehead atoms. The largest absolute Gasteiger partial charge is 0.326 e. The molecule has 0 aromatic heterocycles. The van der Waals surface area contributed by atoms with Crippen molar-refractivity contribution in [2.24, 2.45) is 5.73 Å². The van der Waals surface area contributed by atoms with Crippen molar-refractivity contribution in [2.75, 3.05) is 0 Å². The lowest BCUT2D eigenvalue weighted by molar-refractivity contribution is -0.107. The predicted molar refractivity (Wildman–Crippen MR) is 81.4 cm³/mol. The van der Waals surface area contributed by atoms with Crippen LogP contribution in [0.4, 0.5) is 0 Å².